The summed E-state index contributed by atoms with van der Waals surface area (Å²) in [5, 5.41) is 19.5. The lowest BCUT2D eigenvalue weighted by atomic mass is 10.2. The van der Waals surface area contributed by atoms with Gasteiger partial charge in [-0.2, -0.15) is 5.10 Å². The number of pyridine rings is 1. The highest BCUT2D eigenvalue weighted by Gasteiger charge is 2.02. The zero-order chi connectivity index (χ0) is 12.8. The monoisotopic (exact) mass is 247 g/mol. The Balaban J connectivity index is 1.70. The number of hydrogen-bond acceptors (Lipinski definition) is 5. The summed E-state index contributed by atoms with van der Waals surface area (Å²) in [4.78, 5) is 8.33. The van der Waals surface area contributed by atoms with Gasteiger partial charge in [0, 0.05) is 18.7 Å². The second-order valence-corrected chi connectivity index (χ2v) is 4.13. The number of H-pyrrole nitrogens is 1. The van der Waals surface area contributed by atoms with Crippen molar-refractivity contribution >= 4 is 0 Å². The standard InChI is InChI=1S/C12H17N5O/c1-9-4-5-11(18)10(16-9)7-13-6-2-3-12-14-8-15-17-12/h4-5,8,13,18H,2-3,6-7H2,1H3,(H,14,15,17). The number of nitrogens with zero attached hydrogens (tertiary/aromatic N) is 3. The Hall–Kier alpha value is -1.95. The van der Waals surface area contributed by atoms with E-state index in [9.17, 15) is 5.11 Å². The van der Waals surface area contributed by atoms with Gasteiger partial charge in [-0.1, -0.05) is 0 Å². The first-order valence-corrected chi connectivity index (χ1v) is 5.96. The molecular formula is C12H17N5O. The van der Waals surface area contributed by atoms with Gasteiger partial charge < -0.3 is 10.4 Å². The van der Waals surface area contributed by atoms with E-state index < -0.39 is 0 Å². The van der Waals surface area contributed by atoms with Crippen molar-refractivity contribution in [3.8, 4) is 5.75 Å². The van der Waals surface area contributed by atoms with Crippen molar-refractivity contribution in [2.75, 3.05) is 6.54 Å². The van der Waals surface area contributed by atoms with Crippen molar-refractivity contribution in [2.24, 2.45) is 0 Å². The molecule has 6 nitrogen and oxygen atoms in total. The molecule has 0 spiro atoms. The molecule has 3 N–H and O–H groups in total. The maximum Gasteiger partial charge on any atom is 0.138 e. The van der Waals surface area contributed by atoms with Gasteiger partial charge in [0.1, 0.15) is 17.9 Å². The lowest BCUT2D eigenvalue weighted by molar-refractivity contribution is 0.458. The fourth-order valence-corrected chi connectivity index (χ4v) is 1.67. The molecule has 6 heteroatoms. The molecular weight excluding hydrogens is 230 g/mol. The molecule has 0 unspecified atom stereocenters. The van der Waals surface area contributed by atoms with E-state index in [0.29, 0.717) is 12.2 Å². The highest BCUT2D eigenvalue weighted by molar-refractivity contribution is 5.27. The van der Waals surface area contributed by atoms with Crippen LogP contribution < -0.4 is 5.32 Å². The molecule has 0 fully saturated rings. The van der Waals surface area contributed by atoms with Gasteiger partial charge in [0.05, 0.1) is 5.69 Å². The van der Waals surface area contributed by atoms with Crippen LogP contribution in [0.5, 0.6) is 5.75 Å². The van der Waals surface area contributed by atoms with Crippen molar-refractivity contribution in [1.82, 2.24) is 25.5 Å². The van der Waals surface area contributed by atoms with Crippen LogP contribution in [0.1, 0.15) is 23.6 Å². The van der Waals surface area contributed by atoms with Crippen LogP contribution in [-0.4, -0.2) is 31.8 Å². The van der Waals surface area contributed by atoms with E-state index in [-0.39, 0.29) is 5.75 Å². The number of nitrogens with one attached hydrogen (secondary N) is 2. The number of aromatic hydroxyl groups is 1. The normalized spacial score (nSPS) is 10.7. The molecule has 0 aliphatic heterocycles. The minimum Gasteiger partial charge on any atom is -0.506 e. The van der Waals surface area contributed by atoms with Crippen LogP contribution in [0.25, 0.3) is 0 Å². The largest absolute Gasteiger partial charge is 0.506 e. The summed E-state index contributed by atoms with van der Waals surface area (Å²) in [5.74, 6) is 1.14. The molecule has 2 aromatic heterocycles. The summed E-state index contributed by atoms with van der Waals surface area (Å²) in [6.07, 6.45) is 3.33. The molecule has 0 aliphatic carbocycles. The van der Waals surface area contributed by atoms with E-state index in [0.717, 1.165) is 30.9 Å². The summed E-state index contributed by atoms with van der Waals surface area (Å²) < 4.78 is 0. The molecule has 0 saturated heterocycles. The van der Waals surface area contributed by atoms with Crippen LogP contribution in [-0.2, 0) is 13.0 Å². The fraction of sp³-hybridized carbons (Fsp3) is 0.417. The van der Waals surface area contributed by atoms with Gasteiger partial charge in [0.2, 0.25) is 0 Å². The number of aromatic amines is 1. The van der Waals surface area contributed by atoms with Gasteiger partial charge in [0.25, 0.3) is 0 Å². The molecule has 2 aromatic rings. The minimum absolute atomic E-state index is 0.239. The van der Waals surface area contributed by atoms with Crippen LogP contribution in [0.3, 0.4) is 0 Å². The predicted octanol–water partition coefficient (Wildman–Crippen LogP) is 0.936. The number of aromatic nitrogens is 4. The molecule has 0 bridgehead atoms. The Morgan fingerprint density at radius 3 is 3.06 bits per heavy atom. The number of hydrogen-bond donors (Lipinski definition) is 3. The van der Waals surface area contributed by atoms with Crippen LogP contribution in [0.4, 0.5) is 0 Å². The van der Waals surface area contributed by atoms with Crippen molar-refractivity contribution in [3.63, 3.8) is 0 Å². The highest BCUT2D eigenvalue weighted by Crippen LogP contribution is 2.13. The van der Waals surface area contributed by atoms with E-state index in [1.165, 1.54) is 6.33 Å². The van der Waals surface area contributed by atoms with E-state index in [2.05, 4.69) is 25.5 Å². The van der Waals surface area contributed by atoms with Gasteiger partial charge in [-0.25, -0.2) is 4.98 Å². The molecule has 96 valence electrons. The lowest BCUT2D eigenvalue weighted by Crippen LogP contribution is -2.16. The smallest absolute Gasteiger partial charge is 0.138 e. The Kier molecular flexibility index (Phi) is 4.25. The molecule has 18 heavy (non-hydrogen) atoms. The summed E-state index contributed by atoms with van der Waals surface area (Å²) in [5.41, 5.74) is 1.60. The van der Waals surface area contributed by atoms with Crippen molar-refractivity contribution in [1.29, 1.82) is 0 Å². The van der Waals surface area contributed by atoms with E-state index in [1.807, 2.05) is 6.92 Å². The van der Waals surface area contributed by atoms with Crippen molar-refractivity contribution < 1.29 is 5.11 Å². The van der Waals surface area contributed by atoms with Gasteiger partial charge in [-0.15, -0.1) is 0 Å². The van der Waals surface area contributed by atoms with Crippen LogP contribution >= 0.6 is 0 Å². The highest BCUT2D eigenvalue weighted by atomic mass is 16.3. The first-order valence-electron chi connectivity index (χ1n) is 5.96. The average molecular weight is 247 g/mol. The molecule has 2 heterocycles. The number of aryl methyl sites for hydroxylation is 2. The third-order valence-corrected chi connectivity index (χ3v) is 2.61. The average Bonchev–Trinajstić information content (AvgIpc) is 2.86. The maximum atomic E-state index is 9.62. The van der Waals surface area contributed by atoms with E-state index in [1.54, 1.807) is 12.1 Å². The topological polar surface area (TPSA) is 86.7 Å². The Morgan fingerprint density at radius 1 is 1.39 bits per heavy atom. The molecule has 0 saturated carbocycles. The molecule has 0 amide bonds. The molecule has 0 aliphatic rings. The van der Waals surface area contributed by atoms with Gasteiger partial charge >= 0.3 is 0 Å². The Labute approximate surface area is 105 Å². The zero-order valence-corrected chi connectivity index (χ0v) is 10.3. The predicted molar refractivity (Wildman–Crippen MR) is 67.0 cm³/mol. The molecule has 0 radical (unpaired) electrons. The van der Waals surface area contributed by atoms with Crippen molar-refractivity contribution in [2.45, 2.75) is 26.3 Å². The van der Waals surface area contributed by atoms with Gasteiger partial charge in [0.15, 0.2) is 0 Å². The maximum absolute atomic E-state index is 9.62. The summed E-state index contributed by atoms with van der Waals surface area (Å²) in [7, 11) is 0. The third kappa shape index (κ3) is 3.53. The number of rotatable bonds is 6. The Morgan fingerprint density at radius 2 is 2.28 bits per heavy atom. The zero-order valence-electron chi connectivity index (χ0n) is 10.3. The molecule has 0 atom stereocenters. The van der Waals surface area contributed by atoms with Crippen LogP contribution in [0.2, 0.25) is 0 Å². The van der Waals surface area contributed by atoms with E-state index >= 15 is 0 Å². The fourth-order valence-electron chi connectivity index (χ4n) is 1.67. The summed E-state index contributed by atoms with van der Waals surface area (Å²) >= 11 is 0. The summed E-state index contributed by atoms with van der Waals surface area (Å²) in [6, 6.07) is 3.47. The SMILES string of the molecule is Cc1ccc(O)c(CNCCCc2ncn[nH]2)n1. The second kappa shape index (κ2) is 6.11. The lowest BCUT2D eigenvalue weighted by Gasteiger charge is -2.06. The minimum atomic E-state index is 0.239. The Bertz CT molecular complexity index is 483. The van der Waals surface area contributed by atoms with Crippen LogP contribution in [0, 0.1) is 6.92 Å². The molecule has 0 aromatic carbocycles. The van der Waals surface area contributed by atoms with Crippen molar-refractivity contribution in [3.05, 3.63) is 35.7 Å². The first-order chi connectivity index (χ1) is 8.75. The van der Waals surface area contributed by atoms with Gasteiger partial charge in [-0.3, -0.25) is 10.1 Å². The van der Waals surface area contributed by atoms with Gasteiger partial charge in [-0.05, 0) is 32.0 Å². The molecule has 2 rings (SSSR count). The third-order valence-electron chi connectivity index (χ3n) is 2.61. The van der Waals surface area contributed by atoms with E-state index in [4.69, 9.17) is 0 Å². The quantitative estimate of drug-likeness (QED) is 0.661. The first kappa shape index (κ1) is 12.5. The summed E-state index contributed by atoms with van der Waals surface area (Å²) in [6.45, 7) is 3.33. The second-order valence-electron chi connectivity index (χ2n) is 4.13. The van der Waals surface area contributed by atoms with Crippen LogP contribution in [0.15, 0.2) is 18.5 Å².